The lowest BCUT2D eigenvalue weighted by Gasteiger charge is -2.31. The third-order valence-electron chi connectivity index (χ3n) is 4.42. The van der Waals surface area contributed by atoms with Crippen molar-refractivity contribution < 1.29 is 4.74 Å². The molecule has 0 aliphatic carbocycles. The monoisotopic (exact) mass is 383 g/mol. The summed E-state index contributed by atoms with van der Waals surface area (Å²) in [5, 5.41) is 0. The SMILES string of the molecule is CCCc1cc2c(cc1OC)N=CN1Cc3c(Br)cccc3N=C21. The fraction of sp³-hybridized carbons (Fsp3) is 0.263. The lowest BCUT2D eigenvalue weighted by atomic mass is 10.00. The summed E-state index contributed by atoms with van der Waals surface area (Å²) in [6.07, 6.45) is 3.92. The molecule has 0 unspecified atom stereocenters. The topological polar surface area (TPSA) is 37.2 Å². The zero-order valence-corrected chi connectivity index (χ0v) is 15.3. The van der Waals surface area contributed by atoms with E-state index in [0.717, 1.165) is 52.4 Å². The molecule has 2 aliphatic rings. The first-order valence-electron chi connectivity index (χ1n) is 8.09. The van der Waals surface area contributed by atoms with Crippen LogP contribution in [-0.4, -0.2) is 24.2 Å². The van der Waals surface area contributed by atoms with Crippen molar-refractivity contribution in [3.05, 3.63) is 51.5 Å². The summed E-state index contributed by atoms with van der Waals surface area (Å²) in [5.74, 6) is 1.87. The Kier molecular flexibility index (Phi) is 3.88. The zero-order valence-electron chi connectivity index (χ0n) is 13.7. The molecule has 2 aliphatic heterocycles. The molecule has 0 saturated heterocycles. The molecule has 0 atom stereocenters. The molecular weight excluding hydrogens is 366 g/mol. The molecule has 0 spiro atoms. The van der Waals surface area contributed by atoms with Crippen molar-refractivity contribution >= 4 is 39.5 Å². The van der Waals surface area contributed by atoms with Crippen molar-refractivity contribution in [1.82, 2.24) is 4.90 Å². The Balaban J connectivity index is 1.88. The van der Waals surface area contributed by atoms with E-state index in [9.17, 15) is 0 Å². The maximum atomic E-state index is 5.54. The minimum Gasteiger partial charge on any atom is -0.496 e. The molecule has 0 fully saturated rings. The molecule has 122 valence electrons. The number of hydrogen-bond donors (Lipinski definition) is 0. The number of hydrogen-bond acceptors (Lipinski definition) is 4. The molecule has 4 rings (SSSR count). The van der Waals surface area contributed by atoms with E-state index in [2.05, 4.69) is 50.9 Å². The second-order valence-corrected chi connectivity index (χ2v) is 6.83. The van der Waals surface area contributed by atoms with Crippen LogP contribution >= 0.6 is 15.9 Å². The van der Waals surface area contributed by atoms with E-state index < -0.39 is 0 Å². The van der Waals surface area contributed by atoms with Crippen molar-refractivity contribution in [2.45, 2.75) is 26.3 Å². The highest BCUT2D eigenvalue weighted by atomic mass is 79.9. The molecule has 4 nitrogen and oxygen atoms in total. The first-order valence-corrected chi connectivity index (χ1v) is 8.88. The second kappa shape index (κ2) is 6.06. The van der Waals surface area contributed by atoms with Gasteiger partial charge in [0.25, 0.3) is 0 Å². The predicted octanol–water partition coefficient (Wildman–Crippen LogP) is 4.98. The molecule has 0 bridgehead atoms. The Hall–Kier alpha value is -2.14. The molecule has 5 heteroatoms. The van der Waals surface area contributed by atoms with Crippen LogP contribution in [0.5, 0.6) is 5.75 Å². The normalized spacial score (nSPS) is 14.6. The first-order chi connectivity index (χ1) is 11.7. The molecule has 0 amide bonds. The number of aryl methyl sites for hydroxylation is 1. The minimum absolute atomic E-state index is 0.771. The zero-order chi connectivity index (χ0) is 16.7. The number of fused-ring (bicyclic) bond motifs is 4. The Morgan fingerprint density at radius 3 is 2.92 bits per heavy atom. The molecule has 24 heavy (non-hydrogen) atoms. The first kappa shape index (κ1) is 15.4. The van der Waals surface area contributed by atoms with Gasteiger partial charge in [-0.05, 0) is 30.2 Å². The number of rotatable bonds is 3. The van der Waals surface area contributed by atoms with Crippen LogP contribution in [0.15, 0.2) is 44.8 Å². The maximum Gasteiger partial charge on any atom is 0.144 e. The van der Waals surface area contributed by atoms with Crippen molar-refractivity contribution in [3.8, 4) is 5.75 Å². The van der Waals surface area contributed by atoms with Crippen molar-refractivity contribution in [3.63, 3.8) is 0 Å². The molecule has 2 heterocycles. The van der Waals surface area contributed by atoms with Crippen molar-refractivity contribution in [2.24, 2.45) is 9.98 Å². The molecule has 0 aromatic heterocycles. The predicted molar refractivity (Wildman–Crippen MR) is 101 cm³/mol. The van der Waals surface area contributed by atoms with Crippen LogP contribution in [0.2, 0.25) is 0 Å². The van der Waals surface area contributed by atoms with E-state index in [1.54, 1.807) is 7.11 Å². The Bertz CT molecular complexity index is 873. The number of nitrogens with zero attached hydrogens (tertiary/aromatic N) is 3. The van der Waals surface area contributed by atoms with E-state index >= 15 is 0 Å². The van der Waals surface area contributed by atoms with E-state index in [1.165, 1.54) is 11.1 Å². The second-order valence-electron chi connectivity index (χ2n) is 5.98. The van der Waals surface area contributed by atoms with E-state index in [0.29, 0.717) is 0 Å². The van der Waals surface area contributed by atoms with Gasteiger partial charge in [0, 0.05) is 21.7 Å². The maximum absolute atomic E-state index is 5.54. The summed E-state index contributed by atoms with van der Waals surface area (Å²) in [6.45, 7) is 2.95. The number of amidine groups is 1. The average Bonchev–Trinajstić information content (AvgIpc) is 2.60. The summed E-state index contributed by atoms with van der Waals surface area (Å²) < 4.78 is 6.62. The number of aliphatic imine (C=N–C) groups is 2. The summed E-state index contributed by atoms with van der Waals surface area (Å²) in [7, 11) is 1.71. The van der Waals surface area contributed by atoms with Gasteiger partial charge in [0.05, 0.1) is 31.4 Å². The van der Waals surface area contributed by atoms with Gasteiger partial charge in [-0.1, -0.05) is 35.3 Å². The Labute approximate surface area is 150 Å². The minimum atomic E-state index is 0.771. The quantitative estimate of drug-likeness (QED) is 0.749. The van der Waals surface area contributed by atoms with Crippen LogP contribution in [0.3, 0.4) is 0 Å². The molecule has 2 aromatic rings. The fourth-order valence-electron chi connectivity index (χ4n) is 3.23. The highest BCUT2D eigenvalue weighted by Crippen LogP contribution is 2.38. The van der Waals surface area contributed by atoms with E-state index in [-0.39, 0.29) is 0 Å². The van der Waals surface area contributed by atoms with Gasteiger partial charge >= 0.3 is 0 Å². The van der Waals surface area contributed by atoms with Gasteiger partial charge in [-0.15, -0.1) is 0 Å². The van der Waals surface area contributed by atoms with Gasteiger partial charge in [0.1, 0.15) is 11.6 Å². The van der Waals surface area contributed by atoms with Crippen molar-refractivity contribution in [2.75, 3.05) is 7.11 Å². The van der Waals surface area contributed by atoms with Crippen LogP contribution in [0, 0.1) is 0 Å². The van der Waals surface area contributed by atoms with Gasteiger partial charge in [-0.2, -0.15) is 0 Å². The number of ether oxygens (including phenoxy) is 1. The summed E-state index contributed by atoms with van der Waals surface area (Å²) in [6, 6.07) is 10.3. The summed E-state index contributed by atoms with van der Waals surface area (Å²) in [5.41, 5.74) is 5.41. The average molecular weight is 384 g/mol. The molecule has 0 saturated carbocycles. The van der Waals surface area contributed by atoms with Crippen LogP contribution in [0.4, 0.5) is 11.4 Å². The molecule has 0 N–H and O–H groups in total. The van der Waals surface area contributed by atoms with Gasteiger partial charge in [0.15, 0.2) is 0 Å². The van der Waals surface area contributed by atoms with Gasteiger partial charge < -0.3 is 9.64 Å². The third-order valence-corrected chi connectivity index (χ3v) is 5.16. The van der Waals surface area contributed by atoms with Crippen LogP contribution in [0.1, 0.15) is 30.0 Å². The highest BCUT2D eigenvalue weighted by molar-refractivity contribution is 9.10. The highest BCUT2D eigenvalue weighted by Gasteiger charge is 2.27. The molecule has 0 radical (unpaired) electrons. The van der Waals surface area contributed by atoms with Crippen LogP contribution < -0.4 is 4.74 Å². The number of methoxy groups -OCH3 is 1. The van der Waals surface area contributed by atoms with E-state index in [4.69, 9.17) is 9.73 Å². The molecular formula is C19H18BrN3O. The van der Waals surface area contributed by atoms with Gasteiger partial charge in [-0.3, -0.25) is 0 Å². The Morgan fingerprint density at radius 1 is 1.25 bits per heavy atom. The third kappa shape index (κ3) is 2.44. The molecule has 2 aromatic carbocycles. The van der Waals surface area contributed by atoms with Crippen molar-refractivity contribution in [1.29, 1.82) is 0 Å². The number of benzene rings is 2. The van der Waals surface area contributed by atoms with Crippen LogP contribution in [0.25, 0.3) is 0 Å². The standard InChI is InChI=1S/C19H18BrN3O/c1-3-5-12-8-13-17(9-18(12)24-2)21-11-23-10-14-15(20)6-4-7-16(14)22-19(13)23/h4,6-9,11H,3,5,10H2,1-2H3. The fourth-order valence-corrected chi connectivity index (χ4v) is 3.71. The smallest absolute Gasteiger partial charge is 0.144 e. The summed E-state index contributed by atoms with van der Waals surface area (Å²) in [4.78, 5) is 11.6. The Morgan fingerprint density at radius 2 is 2.12 bits per heavy atom. The van der Waals surface area contributed by atoms with E-state index in [1.807, 2.05) is 18.5 Å². The van der Waals surface area contributed by atoms with Gasteiger partial charge in [-0.25, -0.2) is 9.98 Å². The number of halogens is 1. The van der Waals surface area contributed by atoms with Gasteiger partial charge in [0.2, 0.25) is 0 Å². The lowest BCUT2D eigenvalue weighted by molar-refractivity contribution is 0.409. The van der Waals surface area contributed by atoms with Crippen LogP contribution in [-0.2, 0) is 13.0 Å². The summed E-state index contributed by atoms with van der Waals surface area (Å²) >= 11 is 3.62. The lowest BCUT2D eigenvalue weighted by Crippen LogP contribution is -2.34. The largest absolute Gasteiger partial charge is 0.496 e.